The monoisotopic (exact) mass is 332 g/mol. The minimum atomic E-state index is -0.794. The number of nitrogens with one attached hydrogen (secondary N) is 2. The summed E-state index contributed by atoms with van der Waals surface area (Å²) in [5, 5.41) is 9.61. The van der Waals surface area contributed by atoms with Gasteiger partial charge in [-0.1, -0.05) is 0 Å². The molecule has 1 heterocycles. The van der Waals surface area contributed by atoms with Gasteiger partial charge in [-0.05, 0) is 12.2 Å². The number of aromatic hydroxyl groups is 1. The lowest BCUT2D eigenvalue weighted by molar-refractivity contribution is 0.374. The molecule has 3 N–H and O–H groups in total. The quantitative estimate of drug-likeness (QED) is 0.707. The lowest BCUT2D eigenvalue weighted by Gasteiger charge is -2.11. The topological polar surface area (TPSA) is 114 Å². The van der Waals surface area contributed by atoms with E-state index >= 15 is 0 Å². The summed E-state index contributed by atoms with van der Waals surface area (Å²) >= 11 is 0. The van der Waals surface area contributed by atoms with E-state index < -0.39 is 17.1 Å². The Hall–Kier alpha value is -3.38. The zero-order valence-electron chi connectivity index (χ0n) is 13.3. The zero-order valence-corrected chi connectivity index (χ0v) is 13.3. The molecule has 0 atom stereocenters. The van der Waals surface area contributed by atoms with Crippen molar-refractivity contribution in [3.05, 3.63) is 49.8 Å². The van der Waals surface area contributed by atoms with Gasteiger partial charge in [0.1, 0.15) is 22.8 Å². The van der Waals surface area contributed by atoms with Crippen LogP contribution in [0.25, 0.3) is 12.2 Å². The van der Waals surface area contributed by atoms with E-state index in [0.717, 1.165) is 0 Å². The summed E-state index contributed by atoms with van der Waals surface area (Å²) in [6.45, 7) is 0. The Morgan fingerprint density at radius 1 is 0.958 bits per heavy atom. The van der Waals surface area contributed by atoms with Crippen LogP contribution < -0.4 is 25.5 Å². The fraction of sp³-hybridized carbons (Fsp3) is 0.188. The molecule has 2 aromatic rings. The van der Waals surface area contributed by atoms with Crippen molar-refractivity contribution in [2.45, 2.75) is 0 Å². The number of hydrogen-bond donors (Lipinski definition) is 3. The summed E-state index contributed by atoms with van der Waals surface area (Å²) < 4.78 is 15.7. The van der Waals surface area contributed by atoms with Crippen molar-refractivity contribution in [2.75, 3.05) is 21.3 Å². The first-order valence-electron chi connectivity index (χ1n) is 6.78. The zero-order chi connectivity index (χ0) is 17.7. The number of aromatic amines is 2. The number of rotatable bonds is 5. The van der Waals surface area contributed by atoms with E-state index in [0.29, 0.717) is 22.8 Å². The fourth-order valence-corrected chi connectivity index (χ4v) is 2.00. The lowest BCUT2D eigenvalue weighted by atomic mass is 10.1. The van der Waals surface area contributed by atoms with Gasteiger partial charge in [0.2, 0.25) is 5.88 Å². The first-order chi connectivity index (χ1) is 11.5. The molecule has 0 aliphatic carbocycles. The van der Waals surface area contributed by atoms with Crippen molar-refractivity contribution in [3.8, 4) is 23.1 Å². The molecule has 0 bridgehead atoms. The van der Waals surface area contributed by atoms with Crippen LogP contribution in [0.5, 0.6) is 23.1 Å². The number of H-pyrrole nitrogens is 2. The maximum absolute atomic E-state index is 11.6. The second-order valence-electron chi connectivity index (χ2n) is 4.57. The summed E-state index contributed by atoms with van der Waals surface area (Å²) in [5.74, 6) is 0.969. The van der Waals surface area contributed by atoms with Crippen molar-refractivity contribution in [3.63, 3.8) is 0 Å². The summed E-state index contributed by atoms with van der Waals surface area (Å²) in [6.07, 6.45) is 2.74. The Morgan fingerprint density at radius 2 is 1.54 bits per heavy atom. The molecular formula is C16H16N2O6. The third kappa shape index (κ3) is 3.50. The molecule has 2 rings (SSSR count). The Kier molecular flexibility index (Phi) is 5.13. The van der Waals surface area contributed by atoms with Crippen LogP contribution in [0.4, 0.5) is 0 Å². The van der Waals surface area contributed by atoms with Crippen LogP contribution in [0.1, 0.15) is 11.1 Å². The van der Waals surface area contributed by atoms with E-state index in [1.54, 1.807) is 12.1 Å². The van der Waals surface area contributed by atoms with Crippen LogP contribution in [0.15, 0.2) is 27.5 Å². The van der Waals surface area contributed by atoms with Crippen LogP contribution in [0.3, 0.4) is 0 Å². The van der Waals surface area contributed by atoms with Crippen LogP contribution in [-0.2, 0) is 0 Å². The highest BCUT2D eigenvalue weighted by molar-refractivity contribution is 5.69. The van der Waals surface area contributed by atoms with Gasteiger partial charge in [0.25, 0.3) is 5.56 Å². The van der Waals surface area contributed by atoms with E-state index in [2.05, 4.69) is 10.7 Å². The number of ether oxygens (including phenoxy) is 3. The van der Waals surface area contributed by atoms with E-state index in [1.807, 2.05) is 4.98 Å². The van der Waals surface area contributed by atoms with Crippen LogP contribution >= 0.6 is 0 Å². The molecule has 0 aliphatic rings. The highest BCUT2D eigenvalue weighted by Crippen LogP contribution is 2.34. The number of aromatic nitrogens is 2. The van der Waals surface area contributed by atoms with Gasteiger partial charge in [-0.25, -0.2) is 4.79 Å². The molecule has 1 aromatic carbocycles. The first-order valence-corrected chi connectivity index (χ1v) is 6.78. The molecule has 8 nitrogen and oxygen atoms in total. The summed E-state index contributed by atoms with van der Waals surface area (Å²) in [5.41, 5.74) is 1.67. The highest BCUT2D eigenvalue weighted by atomic mass is 16.5. The maximum atomic E-state index is 11.6. The molecule has 8 heteroatoms. The van der Waals surface area contributed by atoms with Gasteiger partial charge in [-0.3, -0.25) is 14.8 Å². The van der Waals surface area contributed by atoms with Crippen LogP contribution in [0.2, 0.25) is 0 Å². The molecule has 24 heavy (non-hydrogen) atoms. The number of methoxy groups -OCH3 is 3. The Balaban J connectivity index is 2.53. The summed E-state index contributed by atoms with van der Waals surface area (Å²) in [6, 6.07) is 3.33. The van der Waals surface area contributed by atoms with Gasteiger partial charge in [0.05, 0.1) is 26.9 Å². The molecule has 0 radical (unpaired) electrons. The molecular weight excluding hydrogens is 316 g/mol. The summed E-state index contributed by atoms with van der Waals surface area (Å²) in [7, 11) is 4.51. The first kappa shape index (κ1) is 17.0. The average molecular weight is 332 g/mol. The Bertz CT molecular complexity index is 894. The third-order valence-corrected chi connectivity index (χ3v) is 3.17. The van der Waals surface area contributed by atoms with Gasteiger partial charge in [-0.15, -0.1) is 5.73 Å². The summed E-state index contributed by atoms with van der Waals surface area (Å²) in [4.78, 5) is 26.8. The predicted octanol–water partition coefficient (Wildman–Crippen LogP) is 1.12. The van der Waals surface area contributed by atoms with E-state index in [-0.39, 0.29) is 5.56 Å². The van der Waals surface area contributed by atoms with Gasteiger partial charge in [0, 0.05) is 12.1 Å². The molecule has 0 saturated heterocycles. The smallest absolute Gasteiger partial charge is 0.328 e. The van der Waals surface area contributed by atoms with Gasteiger partial charge >= 0.3 is 5.69 Å². The van der Waals surface area contributed by atoms with E-state index in [9.17, 15) is 14.7 Å². The van der Waals surface area contributed by atoms with Gasteiger partial charge in [-0.2, -0.15) is 0 Å². The second-order valence-corrected chi connectivity index (χ2v) is 4.57. The Labute approximate surface area is 136 Å². The van der Waals surface area contributed by atoms with Crippen LogP contribution in [0, 0.1) is 0 Å². The molecule has 0 saturated carbocycles. The van der Waals surface area contributed by atoms with Crippen molar-refractivity contribution < 1.29 is 19.3 Å². The van der Waals surface area contributed by atoms with Gasteiger partial charge in [0.15, 0.2) is 0 Å². The lowest BCUT2D eigenvalue weighted by Crippen LogP contribution is -2.23. The van der Waals surface area contributed by atoms with E-state index in [4.69, 9.17) is 14.2 Å². The van der Waals surface area contributed by atoms with Crippen molar-refractivity contribution >= 4 is 12.2 Å². The minimum absolute atomic E-state index is 0.128. The molecule has 126 valence electrons. The second kappa shape index (κ2) is 7.26. The van der Waals surface area contributed by atoms with Gasteiger partial charge < -0.3 is 19.3 Å². The molecule has 0 spiro atoms. The molecule has 0 unspecified atom stereocenters. The molecule has 0 aliphatic heterocycles. The fourth-order valence-electron chi connectivity index (χ4n) is 2.00. The maximum Gasteiger partial charge on any atom is 0.328 e. The standard InChI is InChI=1S/C16H16N2O6/c1-22-9-7-12(23-2)10(13(8-9)24-3)5-4-6-11-14(19)17-16(21)18-15(11)20/h5-8H,1-3H3,(H3,17,18,19,20,21). The highest BCUT2D eigenvalue weighted by Gasteiger charge is 2.10. The third-order valence-electron chi connectivity index (χ3n) is 3.17. The SMILES string of the molecule is COc1cc(OC)c(C=C=Cc2c(O)[nH]c(=O)[nH]c2=O)c(OC)c1. The number of hydrogen-bond acceptors (Lipinski definition) is 6. The van der Waals surface area contributed by atoms with Crippen LogP contribution in [-0.4, -0.2) is 36.4 Å². The predicted molar refractivity (Wildman–Crippen MR) is 87.9 cm³/mol. The van der Waals surface area contributed by atoms with E-state index in [1.165, 1.54) is 33.5 Å². The molecule has 0 amide bonds. The normalized spacial score (nSPS) is 9.79. The molecule has 1 aromatic heterocycles. The average Bonchev–Trinajstić information content (AvgIpc) is 2.56. The number of benzene rings is 1. The minimum Gasteiger partial charge on any atom is -0.496 e. The van der Waals surface area contributed by atoms with Crippen molar-refractivity contribution in [1.82, 2.24) is 9.97 Å². The van der Waals surface area contributed by atoms with Crippen molar-refractivity contribution in [1.29, 1.82) is 0 Å². The Morgan fingerprint density at radius 3 is 2.04 bits per heavy atom. The van der Waals surface area contributed by atoms with Crippen molar-refractivity contribution in [2.24, 2.45) is 0 Å². The molecule has 0 fully saturated rings. The largest absolute Gasteiger partial charge is 0.496 e.